The van der Waals surface area contributed by atoms with E-state index >= 15 is 0 Å². The zero-order chi connectivity index (χ0) is 14.0. The molecule has 19 heavy (non-hydrogen) atoms. The van der Waals surface area contributed by atoms with E-state index in [9.17, 15) is 8.42 Å². The summed E-state index contributed by atoms with van der Waals surface area (Å²) < 4.78 is 29.0. The Labute approximate surface area is 111 Å². The van der Waals surface area contributed by atoms with Crippen LogP contribution >= 0.6 is 0 Å². The molecule has 0 aliphatic carbocycles. The third-order valence-corrected chi connectivity index (χ3v) is 3.43. The molecular formula is C11H16N4O3S. The smallest absolute Gasteiger partial charge is 0.271 e. The number of aryl methyl sites for hydroxylation is 2. The highest BCUT2D eigenvalue weighted by atomic mass is 32.2. The van der Waals surface area contributed by atoms with Crippen LogP contribution in [0.15, 0.2) is 27.8 Å². The lowest BCUT2D eigenvalue weighted by molar-refractivity contribution is 0.402. The first kappa shape index (κ1) is 13.8. The third kappa shape index (κ3) is 3.43. The van der Waals surface area contributed by atoms with Crippen LogP contribution in [0, 0.1) is 6.92 Å². The summed E-state index contributed by atoms with van der Waals surface area (Å²) >= 11 is 0. The number of hydrogen-bond donors (Lipinski definition) is 2. The van der Waals surface area contributed by atoms with E-state index in [1.54, 1.807) is 10.7 Å². The Morgan fingerprint density at radius 1 is 1.42 bits per heavy atom. The standard InChI is InChI=1S/C11H16N4O3S/c1-8-9(7-15(2)14-8)5-13-6-10-3-4-11(18-10)19(12,16)17/h3-4,7,13H,5-6H2,1-2H3,(H2,12,16,17). The summed E-state index contributed by atoms with van der Waals surface area (Å²) in [4.78, 5) is 0. The molecule has 2 rings (SSSR count). The highest BCUT2D eigenvalue weighted by Crippen LogP contribution is 2.12. The molecular weight excluding hydrogens is 268 g/mol. The van der Waals surface area contributed by atoms with Crippen molar-refractivity contribution >= 4 is 10.0 Å². The molecule has 2 aromatic heterocycles. The van der Waals surface area contributed by atoms with Gasteiger partial charge in [-0.3, -0.25) is 4.68 Å². The van der Waals surface area contributed by atoms with Gasteiger partial charge >= 0.3 is 0 Å². The van der Waals surface area contributed by atoms with Gasteiger partial charge in [0, 0.05) is 25.4 Å². The summed E-state index contributed by atoms with van der Waals surface area (Å²) in [5.41, 5.74) is 2.04. The van der Waals surface area contributed by atoms with Crippen molar-refractivity contribution in [2.24, 2.45) is 12.2 Å². The highest BCUT2D eigenvalue weighted by Gasteiger charge is 2.13. The second-order valence-electron chi connectivity index (χ2n) is 4.28. The van der Waals surface area contributed by atoms with Gasteiger partial charge < -0.3 is 9.73 Å². The molecule has 0 atom stereocenters. The molecule has 2 heterocycles. The minimum absolute atomic E-state index is 0.221. The van der Waals surface area contributed by atoms with Gasteiger partial charge in [0.2, 0.25) is 5.09 Å². The van der Waals surface area contributed by atoms with E-state index in [0.717, 1.165) is 11.3 Å². The second-order valence-corrected chi connectivity index (χ2v) is 5.78. The van der Waals surface area contributed by atoms with Gasteiger partial charge in [-0.05, 0) is 19.1 Å². The van der Waals surface area contributed by atoms with Crippen molar-refractivity contribution in [1.29, 1.82) is 0 Å². The Morgan fingerprint density at radius 3 is 2.68 bits per heavy atom. The highest BCUT2D eigenvalue weighted by molar-refractivity contribution is 7.89. The topological polar surface area (TPSA) is 103 Å². The summed E-state index contributed by atoms with van der Waals surface area (Å²) in [7, 11) is -1.91. The zero-order valence-electron chi connectivity index (χ0n) is 10.8. The summed E-state index contributed by atoms with van der Waals surface area (Å²) in [5.74, 6) is 0.519. The summed E-state index contributed by atoms with van der Waals surface area (Å²) in [6.45, 7) is 2.98. The van der Waals surface area contributed by atoms with Gasteiger partial charge in [-0.1, -0.05) is 0 Å². The van der Waals surface area contributed by atoms with Crippen LogP contribution in [0.3, 0.4) is 0 Å². The SMILES string of the molecule is Cc1nn(C)cc1CNCc1ccc(S(N)(=O)=O)o1. The molecule has 0 unspecified atom stereocenters. The number of nitrogens with two attached hydrogens (primary N) is 1. The number of aromatic nitrogens is 2. The maximum atomic E-state index is 11.0. The lowest BCUT2D eigenvalue weighted by Crippen LogP contribution is -2.13. The van der Waals surface area contributed by atoms with Crippen molar-refractivity contribution < 1.29 is 12.8 Å². The van der Waals surface area contributed by atoms with Crippen molar-refractivity contribution in [3.05, 3.63) is 35.3 Å². The average molecular weight is 284 g/mol. The molecule has 0 bridgehead atoms. The van der Waals surface area contributed by atoms with E-state index in [4.69, 9.17) is 9.56 Å². The van der Waals surface area contributed by atoms with Gasteiger partial charge in [0.25, 0.3) is 10.0 Å². The first-order chi connectivity index (χ1) is 8.86. The molecule has 104 valence electrons. The summed E-state index contributed by atoms with van der Waals surface area (Å²) in [6, 6.07) is 2.94. The molecule has 0 fully saturated rings. The van der Waals surface area contributed by atoms with E-state index in [1.165, 1.54) is 6.07 Å². The van der Waals surface area contributed by atoms with Crippen molar-refractivity contribution in [2.75, 3.05) is 0 Å². The van der Waals surface area contributed by atoms with Gasteiger partial charge in [-0.2, -0.15) is 5.10 Å². The predicted molar refractivity (Wildman–Crippen MR) is 68.6 cm³/mol. The summed E-state index contributed by atoms with van der Waals surface area (Å²) in [5, 5.41) is 12.1. The third-order valence-electron chi connectivity index (χ3n) is 2.65. The van der Waals surface area contributed by atoms with Gasteiger partial charge in [0.1, 0.15) is 5.76 Å². The van der Waals surface area contributed by atoms with Crippen molar-refractivity contribution in [3.8, 4) is 0 Å². The number of sulfonamides is 1. The molecule has 0 aliphatic rings. The first-order valence-electron chi connectivity index (χ1n) is 5.67. The normalized spacial score (nSPS) is 11.9. The zero-order valence-corrected chi connectivity index (χ0v) is 11.6. The second kappa shape index (κ2) is 5.16. The lowest BCUT2D eigenvalue weighted by Gasteiger charge is -2.01. The number of nitrogens with one attached hydrogen (secondary N) is 1. The molecule has 0 amide bonds. The van der Waals surface area contributed by atoms with Crippen LogP contribution in [0.5, 0.6) is 0 Å². The largest absolute Gasteiger partial charge is 0.447 e. The Morgan fingerprint density at radius 2 is 2.16 bits per heavy atom. The van der Waals surface area contributed by atoms with Crippen LogP contribution in [-0.4, -0.2) is 18.2 Å². The van der Waals surface area contributed by atoms with Crippen LogP contribution in [-0.2, 0) is 30.2 Å². The van der Waals surface area contributed by atoms with E-state index in [-0.39, 0.29) is 5.09 Å². The van der Waals surface area contributed by atoms with Crippen LogP contribution < -0.4 is 10.5 Å². The maximum Gasteiger partial charge on any atom is 0.271 e. The number of hydrogen-bond acceptors (Lipinski definition) is 5. The molecule has 0 spiro atoms. The minimum Gasteiger partial charge on any atom is -0.447 e. The van der Waals surface area contributed by atoms with Crippen molar-refractivity contribution in [1.82, 2.24) is 15.1 Å². The van der Waals surface area contributed by atoms with E-state index in [1.807, 2.05) is 20.2 Å². The summed E-state index contributed by atoms with van der Waals surface area (Å²) in [6.07, 6.45) is 1.93. The molecule has 0 saturated carbocycles. The van der Waals surface area contributed by atoms with Gasteiger partial charge in [0.05, 0.1) is 12.2 Å². The van der Waals surface area contributed by atoms with Gasteiger partial charge in [-0.15, -0.1) is 0 Å². The molecule has 0 radical (unpaired) electrons. The molecule has 7 nitrogen and oxygen atoms in total. The number of primary sulfonamides is 1. The maximum absolute atomic E-state index is 11.0. The van der Waals surface area contributed by atoms with Crippen molar-refractivity contribution in [2.45, 2.75) is 25.1 Å². The number of furan rings is 1. The number of nitrogens with zero attached hydrogens (tertiary/aromatic N) is 2. The monoisotopic (exact) mass is 284 g/mol. The van der Waals surface area contributed by atoms with Crippen LogP contribution in [0.25, 0.3) is 0 Å². The Bertz CT molecular complexity index is 672. The fraction of sp³-hybridized carbons (Fsp3) is 0.364. The number of rotatable bonds is 5. The molecule has 8 heteroatoms. The molecule has 0 aliphatic heterocycles. The van der Waals surface area contributed by atoms with E-state index in [2.05, 4.69) is 10.4 Å². The average Bonchev–Trinajstić information content (AvgIpc) is 2.86. The molecule has 0 saturated heterocycles. The lowest BCUT2D eigenvalue weighted by atomic mass is 10.2. The quantitative estimate of drug-likeness (QED) is 0.819. The molecule has 2 aromatic rings. The minimum atomic E-state index is -3.77. The van der Waals surface area contributed by atoms with Crippen molar-refractivity contribution in [3.63, 3.8) is 0 Å². The van der Waals surface area contributed by atoms with Crippen LogP contribution in [0.1, 0.15) is 17.0 Å². The fourth-order valence-corrected chi connectivity index (χ4v) is 2.23. The van der Waals surface area contributed by atoms with Gasteiger partial charge in [0.15, 0.2) is 0 Å². The molecule has 3 N–H and O–H groups in total. The van der Waals surface area contributed by atoms with Crippen LogP contribution in [0.4, 0.5) is 0 Å². The van der Waals surface area contributed by atoms with E-state index < -0.39 is 10.0 Å². The Kier molecular flexibility index (Phi) is 3.74. The predicted octanol–water partition coefficient (Wildman–Crippen LogP) is 0.259. The Balaban J connectivity index is 1.93. The fourth-order valence-electron chi connectivity index (χ4n) is 1.75. The first-order valence-corrected chi connectivity index (χ1v) is 7.22. The van der Waals surface area contributed by atoms with Gasteiger partial charge in [-0.25, -0.2) is 13.6 Å². The van der Waals surface area contributed by atoms with E-state index in [0.29, 0.717) is 18.8 Å². The Hall–Kier alpha value is -1.64. The van der Waals surface area contributed by atoms with Crippen LogP contribution in [0.2, 0.25) is 0 Å². The molecule has 0 aromatic carbocycles.